The first-order chi connectivity index (χ1) is 8.49. The van der Waals surface area contributed by atoms with Crippen LogP contribution in [0.3, 0.4) is 0 Å². The van der Waals surface area contributed by atoms with Crippen molar-refractivity contribution in [1.82, 2.24) is 9.97 Å². The smallest absolute Gasteiger partial charge is 0.339 e. The molecule has 0 bridgehead atoms. The number of carbonyl (C=O) groups is 1. The van der Waals surface area contributed by atoms with Crippen LogP contribution in [0.5, 0.6) is 0 Å². The van der Waals surface area contributed by atoms with Crippen LogP contribution in [-0.2, 0) is 0 Å². The minimum Gasteiger partial charge on any atom is -0.478 e. The monoisotopic (exact) mass is 242 g/mol. The fourth-order valence-corrected chi connectivity index (χ4v) is 1.97. The van der Waals surface area contributed by atoms with Gasteiger partial charge in [0.1, 0.15) is 11.4 Å². The Hall–Kier alpha value is -2.23. The van der Waals surface area contributed by atoms with Crippen molar-refractivity contribution in [2.75, 3.05) is 0 Å². The Balaban J connectivity index is 2.73. The van der Waals surface area contributed by atoms with Crippen molar-refractivity contribution in [3.63, 3.8) is 0 Å². The van der Waals surface area contributed by atoms with Gasteiger partial charge in [-0.3, -0.25) is 0 Å². The molecule has 1 heterocycles. The van der Waals surface area contributed by atoms with E-state index in [4.69, 9.17) is 0 Å². The van der Waals surface area contributed by atoms with Gasteiger partial charge < -0.3 is 5.11 Å². The van der Waals surface area contributed by atoms with E-state index in [-0.39, 0.29) is 5.56 Å². The Bertz CT molecular complexity index is 621. The number of hydrogen-bond donors (Lipinski definition) is 1. The third-order valence-corrected chi connectivity index (χ3v) is 2.71. The van der Waals surface area contributed by atoms with Gasteiger partial charge in [-0.2, -0.15) is 0 Å². The largest absolute Gasteiger partial charge is 0.478 e. The van der Waals surface area contributed by atoms with E-state index < -0.39 is 5.97 Å². The van der Waals surface area contributed by atoms with E-state index in [2.05, 4.69) is 9.97 Å². The average molecular weight is 242 g/mol. The van der Waals surface area contributed by atoms with Gasteiger partial charge >= 0.3 is 5.97 Å². The lowest BCUT2D eigenvalue weighted by molar-refractivity contribution is 0.0696. The van der Waals surface area contributed by atoms with Crippen LogP contribution in [0, 0.1) is 20.8 Å². The Morgan fingerprint density at radius 3 is 2.50 bits per heavy atom. The molecule has 0 aliphatic carbocycles. The maximum absolute atomic E-state index is 11.3. The summed E-state index contributed by atoms with van der Waals surface area (Å²) >= 11 is 0. The fraction of sp³-hybridized carbons (Fsp3) is 0.214. The minimum absolute atomic E-state index is 0.172. The van der Waals surface area contributed by atoms with Crippen LogP contribution in [0.4, 0.5) is 0 Å². The van der Waals surface area contributed by atoms with Crippen LogP contribution in [-0.4, -0.2) is 21.0 Å². The minimum atomic E-state index is -0.996. The predicted molar refractivity (Wildman–Crippen MR) is 68.6 cm³/mol. The standard InChI is InChI=1S/C14H14N2O2/c1-8-5-4-6-11(7-8)13-12(14(17)18)9(2)15-10(3)16-13/h4-7H,1-3H3,(H,17,18). The van der Waals surface area contributed by atoms with Gasteiger partial charge in [0, 0.05) is 5.56 Å². The zero-order valence-corrected chi connectivity index (χ0v) is 10.6. The SMILES string of the molecule is Cc1cccc(-c2nc(C)nc(C)c2C(=O)O)c1. The molecule has 0 atom stereocenters. The molecule has 0 fully saturated rings. The number of hydrogen-bond acceptors (Lipinski definition) is 3. The normalized spacial score (nSPS) is 10.4. The molecule has 0 unspecified atom stereocenters. The van der Waals surface area contributed by atoms with E-state index in [1.165, 1.54) is 0 Å². The van der Waals surface area contributed by atoms with E-state index in [9.17, 15) is 9.90 Å². The zero-order chi connectivity index (χ0) is 13.3. The molecular weight excluding hydrogens is 228 g/mol. The second-order valence-electron chi connectivity index (χ2n) is 4.25. The van der Waals surface area contributed by atoms with Gasteiger partial charge in [-0.15, -0.1) is 0 Å². The highest BCUT2D eigenvalue weighted by Gasteiger charge is 2.18. The second-order valence-corrected chi connectivity index (χ2v) is 4.25. The second kappa shape index (κ2) is 4.56. The number of carboxylic acids is 1. The van der Waals surface area contributed by atoms with Gasteiger partial charge in [-0.25, -0.2) is 14.8 Å². The molecule has 0 spiro atoms. The van der Waals surface area contributed by atoms with Crippen LogP contribution in [0.25, 0.3) is 11.3 Å². The summed E-state index contributed by atoms with van der Waals surface area (Å²) in [5, 5.41) is 9.29. The molecule has 4 nitrogen and oxygen atoms in total. The molecule has 2 rings (SSSR count). The van der Waals surface area contributed by atoms with Crippen LogP contribution in [0.15, 0.2) is 24.3 Å². The summed E-state index contributed by atoms with van der Waals surface area (Å²) in [6, 6.07) is 7.64. The zero-order valence-electron chi connectivity index (χ0n) is 10.6. The van der Waals surface area contributed by atoms with Crippen LogP contribution < -0.4 is 0 Å². The van der Waals surface area contributed by atoms with Crippen molar-refractivity contribution >= 4 is 5.97 Å². The van der Waals surface area contributed by atoms with Crippen molar-refractivity contribution in [1.29, 1.82) is 0 Å². The number of aromatic carboxylic acids is 1. The first kappa shape index (κ1) is 12.2. The van der Waals surface area contributed by atoms with Gasteiger partial charge in [-0.1, -0.05) is 23.8 Å². The average Bonchev–Trinajstić information content (AvgIpc) is 2.27. The number of benzene rings is 1. The van der Waals surface area contributed by atoms with Crippen LogP contribution >= 0.6 is 0 Å². The fourth-order valence-electron chi connectivity index (χ4n) is 1.97. The lowest BCUT2D eigenvalue weighted by Crippen LogP contribution is -2.08. The van der Waals surface area contributed by atoms with E-state index in [1.807, 2.05) is 31.2 Å². The maximum Gasteiger partial charge on any atom is 0.339 e. The summed E-state index contributed by atoms with van der Waals surface area (Å²) in [5.74, 6) is -0.419. The molecule has 4 heteroatoms. The molecule has 0 aliphatic heterocycles. The highest BCUT2D eigenvalue weighted by Crippen LogP contribution is 2.24. The number of carboxylic acid groups (broad SMARTS) is 1. The molecule has 0 radical (unpaired) electrons. The highest BCUT2D eigenvalue weighted by molar-refractivity contribution is 5.95. The molecule has 0 saturated heterocycles. The summed E-state index contributed by atoms with van der Waals surface area (Å²) in [5.41, 5.74) is 3.02. The first-order valence-corrected chi connectivity index (χ1v) is 5.64. The Morgan fingerprint density at radius 2 is 1.89 bits per heavy atom. The van der Waals surface area contributed by atoms with Gasteiger partial charge in [0.15, 0.2) is 0 Å². The lowest BCUT2D eigenvalue weighted by Gasteiger charge is -2.09. The molecular formula is C14H14N2O2. The topological polar surface area (TPSA) is 63.1 Å². The lowest BCUT2D eigenvalue weighted by atomic mass is 10.0. The van der Waals surface area contributed by atoms with Gasteiger partial charge in [-0.05, 0) is 26.8 Å². The molecule has 18 heavy (non-hydrogen) atoms. The Morgan fingerprint density at radius 1 is 1.17 bits per heavy atom. The van der Waals surface area contributed by atoms with Crippen molar-refractivity contribution in [3.05, 3.63) is 46.9 Å². The number of nitrogens with zero attached hydrogens (tertiary/aromatic N) is 2. The highest BCUT2D eigenvalue weighted by atomic mass is 16.4. The quantitative estimate of drug-likeness (QED) is 0.879. The summed E-state index contributed by atoms with van der Waals surface area (Å²) in [7, 11) is 0. The third kappa shape index (κ3) is 2.22. The number of rotatable bonds is 2. The van der Waals surface area contributed by atoms with Gasteiger partial charge in [0.2, 0.25) is 0 Å². The third-order valence-electron chi connectivity index (χ3n) is 2.71. The maximum atomic E-state index is 11.3. The number of aromatic nitrogens is 2. The van der Waals surface area contributed by atoms with E-state index >= 15 is 0 Å². The van der Waals surface area contributed by atoms with Crippen LogP contribution in [0.2, 0.25) is 0 Å². The van der Waals surface area contributed by atoms with E-state index in [1.54, 1.807) is 13.8 Å². The molecule has 1 N–H and O–H groups in total. The molecule has 0 amide bonds. The van der Waals surface area contributed by atoms with Crippen LogP contribution in [0.1, 0.15) is 27.4 Å². The molecule has 92 valence electrons. The van der Waals surface area contributed by atoms with Crippen molar-refractivity contribution in [2.45, 2.75) is 20.8 Å². The van der Waals surface area contributed by atoms with E-state index in [0.29, 0.717) is 17.2 Å². The molecule has 0 saturated carbocycles. The van der Waals surface area contributed by atoms with Gasteiger partial charge in [0.05, 0.1) is 11.4 Å². The Labute approximate surface area is 105 Å². The van der Waals surface area contributed by atoms with E-state index in [0.717, 1.165) is 11.1 Å². The molecule has 1 aromatic heterocycles. The first-order valence-electron chi connectivity index (χ1n) is 5.64. The predicted octanol–water partition coefficient (Wildman–Crippen LogP) is 2.77. The molecule has 0 aliphatic rings. The summed E-state index contributed by atoms with van der Waals surface area (Å²) in [6.45, 7) is 5.42. The van der Waals surface area contributed by atoms with Crippen molar-refractivity contribution in [2.24, 2.45) is 0 Å². The van der Waals surface area contributed by atoms with Crippen molar-refractivity contribution < 1.29 is 9.90 Å². The van der Waals surface area contributed by atoms with Crippen molar-refractivity contribution in [3.8, 4) is 11.3 Å². The summed E-state index contributed by atoms with van der Waals surface area (Å²) in [6.07, 6.45) is 0. The molecule has 2 aromatic rings. The number of aryl methyl sites for hydroxylation is 3. The summed E-state index contributed by atoms with van der Waals surface area (Å²) in [4.78, 5) is 19.7. The van der Waals surface area contributed by atoms with Gasteiger partial charge in [0.25, 0.3) is 0 Å². The molecule has 1 aromatic carbocycles. The summed E-state index contributed by atoms with van der Waals surface area (Å²) < 4.78 is 0. The Kier molecular flexibility index (Phi) is 3.10.